The van der Waals surface area contributed by atoms with Crippen LogP contribution in [0, 0.1) is 0 Å². The topological polar surface area (TPSA) is 135 Å². The maximum Gasteiger partial charge on any atom is 0.226 e. The third-order valence-electron chi connectivity index (χ3n) is 3.50. The molecule has 11 heteroatoms. The third-order valence-corrected chi connectivity index (χ3v) is 3.67. The maximum atomic E-state index is 10.1. The molecule has 0 aromatic carbocycles. The molecule has 23 heavy (non-hydrogen) atoms. The molecular weight excluding hydrogens is 330 g/mol. The van der Waals surface area contributed by atoms with E-state index in [9.17, 15) is 15.3 Å². The third kappa shape index (κ3) is 2.84. The zero-order valence-electron chi connectivity index (χ0n) is 12.1. The van der Waals surface area contributed by atoms with E-state index < -0.39 is 31.1 Å². The van der Waals surface area contributed by atoms with Gasteiger partial charge in [-0.15, -0.1) is 0 Å². The van der Waals surface area contributed by atoms with Gasteiger partial charge >= 0.3 is 0 Å². The lowest BCUT2D eigenvalue weighted by Gasteiger charge is -2.16. The van der Waals surface area contributed by atoms with Crippen molar-refractivity contribution < 1.29 is 24.9 Å². The van der Waals surface area contributed by atoms with Gasteiger partial charge in [0.2, 0.25) is 5.28 Å². The number of nitrogens with zero attached hydrogens (tertiary/aromatic N) is 4. The fourth-order valence-corrected chi connectivity index (χ4v) is 2.56. The van der Waals surface area contributed by atoms with Gasteiger partial charge < -0.3 is 20.1 Å². The van der Waals surface area contributed by atoms with Crippen molar-refractivity contribution in [3.63, 3.8) is 0 Å². The number of fused-ring (bicyclic) bond motifs is 1. The van der Waals surface area contributed by atoms with Crippen molar-refractivity contribution in [2.24, 2.45) is 0 Å². The van der Waals surface area contributed by atoms with Crippen LogP contribution in [0.1, 0.15) is 13.2 Å². The van der Waals surface area contributed by atoms with Crippen LogP contribution in [0.5, 0.6) is 0 Å². The summed E-state index contributed by atoms with van der Waals surface area (Å²) in [6, 6.07) is 0. The second-order valence-electron chi connectivity index (χ2n) is 4.93. The molecule has 4 atom stereocenters. The Kier molecular flexibility index (Phi) is 4.62. The molecule has 0 bridgehead atoms. The number of anilines is 1. The van der Waals surface area contributed by atoms with Gasteiger partial charge in [-0.25, -0.2) is 10.5 Å². The number of aromatic nitrogens is 4. The molecule has 126 valence electrons. The van der Waals surface area contributed by atoms with Crippen LogP contribution < -0.4 is 5.48 Å². The van der Waals surface area contributed by atoms with Crippen LogP contribution in [0.25, 0.3) is 11.2 Å². The molecule has 0 aliphatic carbocycles. The Hall–Kier alpha value is -1.56. The quantitative estimate of drug-likeness (QED) is 0.416. The number of halogens is 1. The zero-order chi connectivity index (χ0) is 16.6. The van der Waals surface area contributed by atoms with Crippen molar-refractivity contribution in [2.45, 2.75) is 31.5 Å². The van der Waals surface area contributed by atoms with E-state index in [1.165, 1.54) is 10.9 Å². The average molecular weight is 346 g/mol. The molecule has 2 aromatic heterocycles. The van der Waals surface area contributed by atoms with E-state index in [-0.39, 0.29) is 11.1 Å². The highest BCUT2D eigenvalue weighted by Crippen LogP contribution is 2.32. The molecule has 1 aliphatic heterocycles. The van der Waals surface area contributed by atoms with Gasteiger partial charge in [-0.3, -0.25) is 9.40 Å². The van der Waals surface area contributed by atoms with Crippen LogP contribution in [-0.2, 0) is 9.57 Å². The number of rotatable bonds is 5. The molecule has 0 saturated carbocycles. The van der Waals surface area contributed by atoms with Crippen molar-refractivity contribution in [1.29, 1.82) is 0 Å². The number of aliphatic hydroxyl groups is 3. The first kappa shape index (κ1) is 16.3. The zero-order valence-corrected chi connectivity index (χ0v) is 12.9. The molecule has 1 fully saturated rings. The van der Waals surface area contributed by atoms with Gasteiger partial charge in [0.1, 0.15) is 18.3 Å². The van der Waals surface area contributed by atoms with Gasteiger partial charge in [0.15, 0.2) is 23.2 Å². The summed E-state index contributed by atoms with van der Waals surface area (Å²) in [4.78, 5) is 17.3. The summed E-state index contributed by atoms with van der Waals surface area (Å²) in [6.45, 7) is 1.78. The first-order chi connectivity index (χ1) is 11.1. The number of imidazole rings is 1. The molecule has 4 N–H and O–H groups in total. The normalized spacial score (nSPS) is 27.7. The highest BCUT2D eigenvalue weighted by atomic mass is 35.5. The second-order valence-corrected chi connectivity index (χ2v) is 5.27. The Morgan fingerprint density at radius 2 is 2.17 bits per heavy atom. The van der Waals surface area contributed by atoms with Crippen LogP contribution in [-0.4, -0.2) is 66.4 Å². The molecule has 10 nitrogen and oxygen atoms in total. The Labute approximate surface area is 135 Å². The summed E-state index contributed by atoms with van der Waals surface area (Å²) in [5.41, 5.74) is 3.27. The van der Waals surface area contributed by atoms with Gasteiger partial charge in [-0.1, -0.05) is 0 Å². The lowest BCUT2D eigenvalue weighted by Crippen LogP contribution is -2.33. The number of hydrogen-bond donors (Lipinski definition) is 4. The van der Waals surface area contributed by atoms with Crippen molar-refractivity contribution in [3.05, 3.63) is 11.6 Å². The molecular formula is C12H16ClN5O5. The Morgan fingerprint density at radius 3 is 2.83 bits per heavy atom. The molecule has 1 aliphatic rings. The summed E-state index contributed by atoms with van der Waals surface area (Å²) in [7, 11) is 0. The van der Waals surface area contributed by atoms with Crippen molar-refractivity contribution in [2.75, 3.05) is 18.7 Å². The first-order valence-electron chi connectivity index (χ1n) is 6.97. The van der Waals surface area contributed by atoms with Crippen molar-refractivity contribution in [3.8, 4) is 0 Å². The Balaban J connectivity index is 2.01. The fraction of sp³-hybridized carbons (Fsp3) is 0.583. The van der Waals surface area contributed by atoms with E-state index in [4.69, 9.17) is 21.2 Å². The van der Waals surface area contributed by atoms with E-state index in [1.807, 2.05) is 0 Å². The average Bonchev–Trinajstić information content (AvgIpc) is 3.07. The Bertz CT molecular complexity index is 698. The molecule has 1 saturated heterocycles. The molecule has 3 rings (SSSR count). The van der Waals surface area contributed by atoms with Crippen molar-refractivity contribution in [1.82, 2.24) is 19.5 Å². The lowest BCUT2D eigenvalue weighted by atomic mass is 10.1. The summed E-state index contributed by atoms with van der Waals surface area (Å²) < 4.78 is 6.89. The summed E-state index contributed by atoms with van der Waals surface area (Å²) in [5.74, 6) is 0.271. The van der Waals surface area contributed by atoms with Gasteiger partial charge in [0.05, 0.1) is 19.5 Å². The molecule has 0 unspecified atom stereocenters. The highest BCUT2D eigenvalue weighted by Gasteiger charge is 2.44. The minimum absolute atomic E-state index is 0.0480. The summed E-state index contributed by atoms with van der Waals surface area (Å²) in [6.07, 6.45) is -2.95. The number of aliphatic hydroxyl groups excluding tert-OH is 3. The fourth-order valence-electron chi connectivity index (χ4n) is 2.40. The monoisotopic (exact) mass is 345 g/mol. The standard InChI is InChI=1S/C12H16ClN5O5/c1-2-22-17-9-6-10(16-12(13)15-9)18(4-14-6)11-8(21)7(20)5(3-19)23-11/h4-5,7-8,11,19-21H,2-3H2,1H3,(H,15,16,17)/t5-,7-,8-,11-/m1/s1. The molecule has 0 amide bonds. The molecule has 2 aromatic rings. The number of hydrogen-bond acceptors (Lipinski definition) is 9. The smallest absolute Gasteiger partial charge is 0.226 e. The molecule has 3 heterocycles. The van der Waals surface area contributed by atoms with Gasteiger partial charge in [0.25, 0.3) is 0 Å². The SMILES string of the molecule is CCONc1nc(Cl)nc2c1ncn2[C@@H]1O[C@H](CO)[C@@H](O)[C@H]1O. The lowest BCUT2D eigenvalue weighted by molar-refractivity contribution is -0.0511. The minimum Gasteiger partial charge on any atom is -0.394 e. The van der Waals surface area contributed by atoms with Crippen LogP contribution in [0.15, 0.2) is 6.33 Å². The van der Waals surface area contributed by atoms with Crippen LogP contribution >= 0.6 is 11.6 Å². The largest absolute Gasteiger partial charge is 0.394 e. The molecule has 0 radical (unpaired) electrons. The predicted molar refractivity (Wildman–Crippen MR) is 78.6 cm³/mol. The minimum atomic E-state index is -1.25. The van der Waals surface area contributed by atoms with E-state index in [2.05, 4.69) is 20.4 Å². The van der Waals surface area contributed by atoms with Crippen molar-refractivity contribution >= 4 is 28.6 Å². The molecule has 0 spiro atoms. The van der Waals surface area contributed by atoms with E-state index in [1.54, 1.807) is 6.92 Å². The highest BCUT2D eigenvalue weighted by molar-refractivity contribution is 6.28. The van der Waals surface area contributed by atoms with E-state index in [0.717, 1.165) is 0 Å². The van der Waals surface area contributed by atoms with Crippen LogP contribution in [0.4, 0.5) is 5.82 Å². The van der Waals surface area contributed by atoms with Gasteiger partial charge in [0, 0.05) is 0 Å². The maximum absolute atomic E-state index is 10.1. The van der Waals surface area contributed by atoms with Crippen LogP contribution in [0.3, 0.4) is 0 Å². The van der Waals surface area contributed by atoms with Crippen LogP contribution in [0.2, 0.25) is 5.28 Å². The van der Waals surface area contributed by atoms with Gasteiger partial charge in [-0.05, 0) is 18.5 Å². The number of nitrogens with one attached hydrogen (secondary N) is 1. The van der Waals surface area contributed by atoms with Gasteiger partial charge in [-0.2, -0.15) is 9.97 Å². The second kappa shape index (κ2) is 6.51. The van der Waals surface area contributed by atoms with E-state index >= 15 is 0 Å². The van der Waals surface area contributed by atoms with E-state index in [0.29, 0.717) is 17.8 Å². The summed E-state index contributed by atoms with van der Waals surface area (Å²) in [5, 5.41) is 29.1. The summed E-state index contributed by atoms with van der Waals surface area (Å²) >= 11 is 5.91. The Morgan fingerprint density at radius 1 is 1.39 bits per heavy atom. The number of ether oxygens (including phenoxy) is 1. The predicted octanol–water partition coefficient (Wildman–Crippen LogP) is -0.545. The first-order valence-corrected chi connectivity index (χ1v) is 7.35.